The lowest BCUT2D eigenvalue weighted by Crippen LogP contribution is -2.16. The third-order valence-electron chi connectivity index (χ3n) is 2.10. The first-order valence-electron chi connectivity index (χ1n) is 4.87. The summed E-state index contributed by atoms with van der Waals surface area (Å²) in [7, 11) is 1.55. The van der Waals surface area contributed by atoms with Crippen molar-refractivity contribution in [2.24, 2.45) is 5.73 Å². The van der Waals surface area contributed by atoms with Gasteiger partial charge >= 0.3 is 0 Å². The summed E-state index contributed by atoms with van der Waals surface area (Å²) in [6, 6.07) is 3.91. The van der Waals surface area contributed by atoms with Crippen LogP contribution in [0.5, 0.6) is 0 Å². The lowest BCUT2D eigenvalue weighted by Gasteiger charge is -2.09. The van der Waals surface area contributed by atoms with Crippen LogP contribution in [-0.2, 0) is 4.74 Å². The minimum atomic E-state index is -0.714. The first kappa shape index (κ1) is 12.9. The number of nitro benzene ring substituents is 1. The molecule has 0 fully saturated rings. The molecule has 17 heavy (non-hydrogen) atoms. The third-order valence-corrected chi connectivity index (χ3v) is 2.10. The SMILES string of the molecule is COCCNc1ccc([N+](=O)[O-])cc1C(N)=O. The first-order valence-corrected chi connectivity index (χ1v) is 4.87. The smallest absolute Gasteiger partial charge is 0.270 e. The molecule has 92 valence electrons. The topological polar surface area (TPSA) is 107 Å². The molecule has 0 unspecified atom stereocenters. The van der Waals surface area contributed by atoms with E-state index in [1.807, 2.05) is 0 Å². The van der Waals surface area contributed by atoms with Gasteiger partial charge in [0.1, 0.15) is 0 Å². The standard InChI is InChI=1S/C10H13N3O4/c1-17-5-4-12-9-3-2-7(13(15)16)6-8(9)10(11)14/h2-3,6,12H,4-5H2,1H3,(H2,11,14). The number of hydrogen-bond acceptors (Lipinski definition) is 5. The molecule has 1 aromatic carbocycles. The van der Waals surface area contributed by atoms with Crippen molar-refractivity contribution >= 4 is 17.3 Å². The highest BCUT2D eigenvalue weighted by molar-refractivity contribution is 5.99. The monoisotopic (exact) mass is 239 g/mol. The quantitative estimate of drug-likeness (QED) is 0.432. The van der Waals surface area contributed by atoms with Gasteiger partial charge in [0.15, 0.2) is 0 Å². The number of hydrogen-bond donors (Lipinski definition) is 2. The molecular weight excluding hydrogens is 226 g/mol. The molecule has 0 aliphatic heterocycles. The Bertz CT molecular complexity index is 434. The summed E-state index contributed by atoms with van der Waals surface area (Å²) in [4.78, 5) is 21.1. The van der Waals surface area contributed by atoms with E-state index in [0.717, 1.165) is 6.07 Å². The van der Waals surface area contributed by atoms with E-state index in [1.54, 1.807) is 7.11 Å². The zero-order valence-electron chi connectivity index (χ0n) is 9.30. The predicted octanol–water partition coefficient (Wildman–Crippen LogP) is 0.752. The molecule has 0 radical (unpaired) electrons. The van der Waals surface area contributed by atoms with E-state index in [1.165, 1.54) is 12.1 Å². The van der Waals surface area contributed by atoms with Crippen LogP contribution >= 0.6 is 0 Å². The molecule has 0 saturated heterocycles. The van der Waals surface area contributed by atoms with Gasteiger partial charge in [-0.3, -0.25) is 14.9 Å². The number of nitrogens with zero attached hydrogens (tertiary/aromatic N) is 1. The fraction of sp³-hybridized carbons (Fsp3) is 0.300. The molecule has 0 bridgehead atoms. The summed E-state index contributed by atoms with van der Waals surface area (Å²) in [6.45, 7) is 0.934. The van der Waals surface area contributed by atoms with Gasteiger partial charge in [0, 0.05) is 31.5 Å². The summed E-state index contributed by atoms with van der Waals surface area (Å²) in [5.41, 5.74) is 5.54. The average molecular weight is 239 g/mol. The number of nitrogens with two attached hydrogens (primary N) is 1. The fourth-order valence-electron chi connectivity index (χ4n) is 1.29. The molecule has 0 heterocycles. The molecule has 1 rings (SSSR count). The summed E-state index contributed by atoms with van der Waals surface area (Å²) >= 11 is 0. The maximum atomic E-state index is 11.2. The van der Waals surface area contributed by atoms with Crippen LogP contribution in [0.3, 0.4) is 0 Å². The Morgan fingerprint density at radius 1 is 1.59 bits per heavy atom. The molecule has 7 heteroatoms. The highest BCUT2D eigenvalue weighted by Gasteiger charge is 2.14. The van der Waals surface area contributed by atoms with Gasteiger partial charge in [-0.25, -0.2) is 0 Å². The number of carbonyl (C=O) groups excluding carboxylic acids is 1. The second kappa shape index (κ2) is 5.80. The van der Waals surface area contributed by atoms with Crippen molar-refractivity contribution in [3.8, 4) is 0 Å². The number of benzene rings is 1. The number of primary amides is 1. The molecule has 7 nitrogen and oxygen atoms in total. The highest BCUT2D eigenvalue weighted by Crippen LogP contribution is 2.21. The number of carbonyl (C=O) groups is 1. The number of ether oxygens (including phenoxy) is 1. The zero-order valence-corrected chi connectivity index (χ0v) is 9.30. The Labute approximate surface area is 97.7 Å². The summed E-state index contributed by atoms with van der Waals surface area (Å²) in [5, 5.41) is 13.5. The van der Waals surface area contributed by atoms with Crippen LogP contribution in [0.25, 0.3) is 0 Å². The van der Waals surface area contributed by atoms with Gasteiger partial charge in [0.05, 0.1) is 17.1 Å². The molecule has 0 aromatic heterocycles. The van der Waals surface area contributed by atoms with E-state index >= 15 is 0 Å². The number of non-ortho nitro benzene ring substituents is 1. The van der Waals surface area contributed by atoms with Crippen LogP contribution in [0, 0.1) is 10.1 Å². The van der Waals surface area contributed by atoms with Crippen LogP contribution in [0.4, 0.5) is 11.4 Å². The number of nitrogens with one attached hydrogen (secondary N) is 1. The normalized spacial score (nSPS) is 9.94. The average Bonchev–Trinajstić information content (AvgIpc) is 2.29. The number of amides is 1. The van der Waals surface area contributed by atoms with Crippen molar-refractivity contribution in [2.45, 2.75) is 0 Å². The van der Waals surface area contributed by atoms with E-state index in [2.05, 4.69) is 5.32 Å². The Balaban J connectivity index is 2.96. The summed E-state index contributed by atoms with van der Waals surface area (Å²) in [6.07, 6.45) is 0. The van der Waals surface area contributed by atoms with E-state index in [4.69, 9.17) is 10.5 Å². The molecule has 0 spiro atoms. The molecule has 0 atom stereocenters. The summed E-state index contributed by atoms with van der Waals surface area (Å²) in [5.74, 6) is -0.714. The lowest BCUT2D eigenvalue weighted by molar-refractivity contribution is -0.384. The van der Waals surface area contributed by atoms with Crippen molar-refractivity contribution < 1.29 is 14.5 Å². The van der Waals surface area contributed by atoms with Crippen LogP contribution in [0.15, 0.2) is 18.2 Å². The Hall–Kier alpha value is -2.15. The number of methoxy groups -OCH3 is 1. The second-order valence-electron chi connectivity index (χ2n) is 3.27. The second-order valence-corrected chi connectivity index (χ2v) is 3.27. The molecule has 1 amide bonds. The molecule has 0 saturated carbocycles. The largest absolute Gasteiger partial charge is 0.383 e. The Kier molecular flexibility index (Phi) is 4.41. The van der Waals surface area contributed by atoms with Crippen molar-refractivity contribution in [1.29, 1.82) is 0 Å². The maximum Gasteiger partial charge on any atom is 0.270 e. The van der Waals surface area contributed by atoms with Crippen molar-refractivity contribution in [3.63, 3.8) is 0 Å². The number of anilines is 1. The molecule has 0 aliphatic rings. The van der Waals surface area contributed by atoms with Crippen molar-refractivity contribution in [2.75, 3.05) is 25.6 Å². The van der Waals surface area contributed by atoms with E-state index < -0.39 is 10.8 Å². The predicted molar refractivity (Wildman–Crippen MR) is 62.0 cm³/mol. The van der Waals surface area contributed by atoms with Gasteiger partial charge in [-0.05, 0) is 6.07 Å². The minimum Gasteiger partial charge on any atom is -0.383 e. The van der Waals surface area contributed by atoms with Crippen molar-refractivity contribution in [1.82, 2.24) is 0 Å². The Morgan fingerprint density at radius 2 is 2.29 bits per heavy atom. The van der Waals surface area contributed by atoms with Gasteiger partial charge < -0.3 is 15.8 Å². The van der Waals surface area contributed by atoms with E-state index in [9.17, 15) is 14.9 Å². The van der Waals surface area contributed by atoms with Crippen LogP contribution < -0.4 is 11.1 Å². The van der Waals surface area contributed by atoms with Gasteiger partial charge in [-0.15, -0.1) is 0 Å². The number of rotatable bonds is 6. The minimum absolute atomic E-state index is 0.0929. The van der Waals surface area contributed by atoms with Gasteiger partial charge in [-0.1, -0.05) is 0 Å². The third kappa shape index (κ3) is 3.42. The molecule has 3 N–H and O–H groups in total. The van der Waals surface area contributed by atoms with Gasteiger partial charge in [0.25, 0.3) is 11.6 Å². The van der Waals surface area contributed by atoms with Gasteiger partial charge in [-0.2, -0.15) is 0 Å². The van der Waals surface area contributed by atoms with E-state index in [0.29, 0.717) is 18.8 Å². The van der Waals surface area contributed by atoms with Crippen LogP contribution in [0.2, 0.25) is 0 Å². The van der Waals surface area contributed by atoms with Gasteiger partial charge in [0.2, 0.25) is 0 Å². The van der Waals surface area contributed by atoms with Crippen molar-refractivity contribution in [3.05, 3.63) is 33.9 Å². The first-order chi connectivity index (χ1) is 8.06. The lowest BCUT2D eigenvalue weighted by atomic mass is 10.1. The highest BCUT2D eigenvalue weighted by atomic mass is 16.6. The number of nitro groups is 1. The summed E-state index contributed by atoms with van der Waals surface area (Å²) < 4.78 is 4.84. The fourth-order valence-corrected chi connectivity index (χ4v) is 1.29. The van der Waals surface area contributed by atoms with Crippen LogP contribution in [0.1, 0.15) is 10.4 Å². The maximum absolute atomic E-state index is 11.2. The van der Waals surface area contributed by atoms with E-state index in [-0.39, 0.29) is 11.3 Å². The molecule has 0 aliphatic carbocycles. The van der Waals surface area contributed by atoms with Crippen LogP contribution in [-0.4, -0.2) is 31.1 Å². The molecular formula is C10H13N3O4. The molecule has 1 aromatic rings. The zero-order chi connectivity index (χ0) is 12.8. The Morgan fingerprint density at radius 3 is 2.82 bits per heavy atom.